The molecule has 0 radical (unpaired) electrons. The van der Waals surface area contributed by atoms with Crippen molar-refractivity contribution < 1.29 is 36.8 Å². The largest absolute Gasteiger partial charge is 0.490 e. The number of nitrogens with two attached hydrogens (primary N) is 1. The number of fused-ring (bicyclic) bond motifs is 1. The monoisotopic (exact) mass is 561 g/mol. The average molecular weight is 562 g/mol. The fourth-order valence-electron chi connectivity index (χ4n) is 4.46. The fourth-order valence-corrected chi connectivity index (χ4v) is 4.46. The summed E-state index contributed by atoms with van der Waals surface area (Å²) in [5.41, 5.74) is 8.43. The Morgan fingerprint density at radius 3 is 2.55 bits per heavy atom. The number of morpholine rings is 1. The molecule has 40 heavy (non-hydrogen) atoms. The Balaban J connectivity index is 1.53. The minimum atomic E-state index is -5.14. The highest BCUT2D eigenvalue weighted by atomic mass is 19.4. The van der Waals surface area contributed by atoms with Crippen LogP contribution >= 0.6 is 0 Å². The van der Waals surface area contributed by atoms with E-state index in [1.165, 1.54) is 6.20 Å². The summed E-state index contributed by atoms with van der Waals surface area (Å²) in [4.78, 5) is 22.9. The molecule has 1 atom stereocenters. The Labute approximate surface area is 225 Å². The molecule has 1 aliphatic rings. The van der Waals surface area contributed by atoms with Gasteiger partial charge in [0.1, 0.15) is 23.7 Å². The number of rotatable bonds is 9. The molecule has 212 valence electrons. The van der Waals surface area contributed by atoms with Gasteiger partial charge >= 0.3 is 12.1 Å². The maximum atomic E-state index is 13.0. The molecular weight excluding hydrogens is 535 g/mol. The summed E-state index contributed by atoms with van der Waals surface area (Å²) in [6.45, 7) is 3.74. The van der Waals surface area contributed by atoms with Gasteiger partial charge in [-0.1, -0.05) is 30.3 Å². The van der Waals surface area contributed by atoms with Crippen molar-refractivity contribution in [3.63, 3.8) is 0 Å². The molecule has 1 aromatic carbocycles. The van der Waals surface area contributed by atoms with Crippen LogP contribution in [0.25, 0.3) is 33.8 Å². The molecule has 4 heterocycles. The van der Waals surface area contributed by atoms with E-state index in [-0.39, 0.29) is 30.4 Å². The Morgan fingerprint density at radius 2 is 1.90 bits per heavy atom. The van der Waals surface area contributed by atoms with Crippen LogP contribution in [0.1, 0.15) is 6.92 Å². The number of aryl methyl sites for hydroxylation is 1. The summed E-state index contributed by atoms with van der Waals surface area (Å²) in [6, 6.07) is 9.32. The van der Waals surface area contributed by atoms with Gasteiger partial charge in [-0.25, -0.2) is 19.4 Å². The number of nitrogens with zero attached hydrogens (tertiary/aromatic N) is 6. The molecule has 1 saturated heterocycles. The predicted molar refractivity (Wildman–Crippen MR) is 135 cm³/mol. The van der Waals surface area contributed by atoms with Crippen LogP contribution in [0.2, 0.25) is 0 Å². The lowest BCUT2D eigenvalue weighted by Gasteiger charge is -2.30. The first kappa shape index (κ1) is 27.3. The third kappa shape index (κ3) is 5.70. The normalized spacial score (nSPS) is 15.3. The maximum absolute atomic E-state index is 13.0. The first-order chi connectivity index (χ1) is 19.3. The van der Waals surface area contributed by atoms with Gasteiger partial charge in [-0.15, -0.1) is 0 Å². The van der Waals surface area contributed by atoms with Crippen LogP contribution in [0.3, 0.4) is 0 Å². The topological polar surface area (TPSA) is 144 Å². The molecule has 0 aliphatic carbocycles. The van der Waals surface area contributed by atoms with Crippen molar-refractivity contribution in [2.24, 2.45) is 0 Å². The summed E-state index contributed by atoms with van der Waals surface area (Å²) in [7, 11) is 0. The Morgan fingerprint density at radius 1 is 1.15 bits per heavy atom. The Bertz CT molecular complexity index is 1470. The van der Waals surface area contributed by atoms with Crippen LogP contribution in [0.5, 0.6) is 5.75 Å². The Kier molecular flexibility index (Phi) is 7.84. The molecule has 15 heteroatoms. The minimum Gasteiger partial charge on any atom is -0.486 e. The number of ether oxygens (including phenoxy) is 3. The molecule has 0 spiro atoms. The number of anilines is 1. The van der Waals surface area contributed by atoms with Crippen LogP contribution in [-0.4, -0.2) is 87.5 Å². The molecule has 12 nitrogen and oxygen atoms in total. The van der Waals surface area contributed by atoms with E-state index in [1.54, 1.807) is 4.57 Å². The number of hydrogen-bond acceptors (Lipinski definition) is 11. The van der Waals surface area contributed by atoms with Crippen molar-refractivity contribution in [2.45, 2.75) is 25.7 Å². The van der Waals surface area contributed by atoms with Gasteiger partial charge in [-0.3, -0.25) is 4.90 Å². The van der Waals surface area contributed by atoms with E-state index < -0.39 is 18.2 Å². The third-order valence-electron chi connectivity index (χ3n) is 6.32. The zero-order chi connectivity index (χ0) is 28.3. The SMILES string of the molecule is CCn1c(-c2nonc2N)nc2c(-c3ccccc3)ncc(OCC(CN3CCOCC3)OC(=O)C(F)(F)F)c21. The maximum Gasteiger partial charge on any atom is 0.490 e. The van der Waals surface area contributed by atoms with Crippen molar-refractivity contribution >= 4 is 22.8 Å². The van der Waals surface area contributed by atoms with Crippen molar-refractivity contribution in [2.75, 3.05) is 45.2 Å². The molecule has 0 saturated carbocycles. The lowest BCUT2D eigenvalue weighted by Crippen LogP contribution is -2.45. The Hall–Kier alpha value is -4.24. The zero-order valence-electron chi connectivity index (χ0n) is 21.4. The third-order valence-corrected chi connectivity index (χ3v) is 6.32. The number of halogens is 3. The van der Waals surface area contributed by atoms with Crippen LogP contribution in [0.4, 0.5) is 19.0 Å². The molecule has 5 rings (SSSR count). The van der Waals surface area contributed by atoms with E-state index in [0.717, 1.165) is 5.56 Å². The van der Waals surface area contributed by atoms with Gasteiger partial charge in [0.05, 0.1) is 25.1 Å². The zero-order valence-corrected chi connectivity index (χ0v) is 21.4. The summed E-state index contributed by atoms with van der Waals surface area (Å²) in [5.74, 6) is -1.68. The summed E-state index contributed by atoms with van der Waals surface area (Å²) >= 11 is 0. The summed E-state index contributed by atoms with van der Waals surface area (Å²) in [6.07, 6.45) is -4.90. The van der Waals surface area contributed by atoms with Gasteiger partial charge < -0.3 is 24.5 Å². The van der Waals surface area contributed by atoms with Crippen molar-refractivity contribution in [1.82, 2.24) is 29.7 Å². The molecule has 1 aliphatic heterocycles. The first-order valence-corrected chi connectivity index (χ1v) is 12.5. The predicted octanol–water partition coefficient (Wildman–Crippen LogP) is 2.94. The van der Waals surface area contributed by atoms with Crippen molar-refractivity contribution in [1.29, 1.82) is 0 Å². The lowest BCUT2D eigenvalue weighted by molar-refractivity contribution is -0.207. The van der Waals surface area contributed by atoms with Crippen molar-refractivity contribution in [3.05, 3.63) is 36.5 Å². The number of imidazole rings is 1. The highest BCUT2D eigenvalue weighted by Gasteiger charge is 2.42. The molecule has 0 bridgehead atoms. The highest BCUT2D eigenvalue weighted by Crippen LogP contribution is 2.36. The second-order valence-corrected chi connectivity index (χ2v) is 8.96. The van der Waals surface area contributed by atoms with Crippen LogP contribution < -0.4 is 10.5 Å². The van der Waals surface area contributed by atoms with E-state index >= 15 is 0 Å². The number of alkyl halides is 3. The smallest absolute Gasteiger partial charge is 0.486 e. The summed E-state index contributed by atoms with van der Waals surface area (Å²) < 4.78 is 61.8. The number of aromatic nitrogens is 5. The molecule has 4 aromatic rings. The minimum absolute atomic E-state index is 0.0310. The second kappa shape index (κ2) is 11.5. The molecule has 1 fully saturated rings. The van der Waals surface area contributed by atoms with Crippen molar-refractivity contribution in [3.8, 4) is 28.5 Å². The van der Waals surface area contributed by atoms with E-state index in [0.29, 0.717) is 55.4 Å². The van der Waals surface area contributed by atoms with Gasteiger partial charge in [-0.05, 0) is 17.2 Å². The molecular formula is C25H26F3N7O5. The van der Waals surface area contributed by atoms with Gasteiger partial charge in [-0.2, -0.15) is 13.2 Å². The van der Waals surface area contributed by atoms with E-state index in [2.05, 4.69) is 15.3 Å². The number of carbonyl (C=O) groups excluding carboxylic acids is 1. The highest BCUT2D eigenvalue weighted by molar-refractivity contribution is 5.95. The van der Waals surface area contributed by atoms with Gasteiger partial charge in [0.15, 0.2) is 23.1 Å². The molecule has 3 aromatic heterocycles. The number of carbonyl (C=O) groups is 1. The van der Waals surface area contributed by atoms with Gasteiger partial charge in [0.2, 0.25) is 0 Å². The number of pyridine rings is 1. The fraction of sp³-hybridized carbons (Fsp3) is 0.400. The number of esters is 1. The number of nitrogen functional groups attached to an aromatic ring is 1. The van der Waals surface area contributed by atoms with Gasteiger partial charge in [0, 0.05) is 31.7 Å². The standard InChI is InChI=1S/C25H26F3N7O5/c1-2-35-21-17(38-14-16(39-24(36)25(26,27)28)13-34-8-10-37-11-9-34)12-30-18(15-6-4-3-5-7-15)19(21)31-23(35)20-22(29)33-40-32-20/h3-7,12,16H,2,8-11,13-14H2,1H3,(H2,29,33). The van der Waals surface area contributed by atoms with Crippen LogP contribution in [0, 0.1) is 0 Å². The van der Waals surface area contributed by atoms with E-state index in [1.807, 2.05) is 42.2 Å². The lowest BCUT2D eigenvalue weighted by atomic mass is 10.1. The van der Waals surface area contributed by atoms with E-state index in [9.17, 15) is 18.0 Å². The number of hydrogen-bond donors (Lipinski definition) is 1. The van der Waals surface area contributed by atoms with Crippen LogP contribution in [0.15, 0.2) is 41.2 Å². The molecule has 0 amide bonds. The van der Waals surface area contributed by atoms with E-state index in [4.69, 9.17) is 29.6 Å². The quantitative estimate of drug-likeness (QED) is 0.301. The van der Waals surface area contributed by atoms with Gasteiger partial charge in [0.25, 0.3) is 0 Å². The first-order valence-electron chi connectivity index (χ1n) is 12.5. The average Bonchev–Trinajstić information content (AvgIpc) is 3.55. The second-order valence-electron chi connectivity index (χ2n) is 8.96. The number of benzene rings is 1. The summed E-state index contributed by atoms with van der Waals surface area (Å²) in [5, 5.41) is 7.52. The molecule has 2 N–H and O–H groups in total. The van der Waals surface area contributed by atoms with Crippen LogP contribution in [-0.2, 0) is 20.8 Å². The molecule has 1 unspecified atom stereocenters.